The van der Waals surface area contributed by atoms with Crippen molar-refractivity contribution in [3.05, 3.63) is 34.3 Å². The summed E-state index contributed by atoms with van der Waals surface area (Å²) in [6, 6.07) is 6.57. The average molecular weight is 342 g/mol. The Labute approximate surface area is 127 Å². The zero-order valence-corrected chi connectivity index (χ0v) is 13.5. The van der Waals surface area contributed by atoms with Crippen molar-refractivity contribution in [1.29, 1.82) is 0 Å². The monoisotopic (exact) mass is 341 g/mol. The number of nitrogens with one attached hydrogen (secondary N) is 2. The summed E-state index contributed by atoms with van der Waals surface area (Å²) >= 11 is 3.33. The van der Waals surface area contributed by atoms with E-state index >= 15 is 0 Å². The van der Waals surface area contributed by atoms with Gasteiger partial charge in [-0.3, -0.25) is 9.59 Å². The second kappa shape index (κ2) is 6.85. The first-order chi connectivity index (χ1) is 9.28. The van der Waals surface area contributed by atoms with Crippen LogP contribution in [-0.2, 0) is 15.1 Å². The van der Waals surface area contributed by atoms with Gasteiger partial charge >= 0.3 is 0 Å². The van der Waals surface area contributed by atoms with Gasteiger partial charge in [-0.25, -0.2) is 0 Å². The highest BCUT2D eigenvalue weighted by Crippen LogP contribution is 2.20. The largest absolute Gasteiger partial charge is 0.355 e. The molecular weight excluding hydrogens is 322 g/mol. The molecule has 0 radical (unpaired) electrons. The molecule has 0 spiro atoms. The number of hydrogen-bond donors (Lipinski definition) is 3. The molecule has 6 heteroatoms. The minimum atomic E-state index is -1.19. The average Bonchev–Trinajstić information content (AvgIpc) is 2.39. The fraction of sp³-hybridized carbons (Fsp3) is 0.429. The molecular formula is C14H20BrN3O2. The summed E-state index contributed by atoms with van der Waals surface area (Å²) in [5.41, 5.74) is 5.58. The Hall–Kier alpha value is -1.40. The van der Waals surface area contributed by atoms with Gasteiger partial charge in [0.25, 0.3) is 0 Å². The summed E-state index contributed by atoms with van der Waals surface area (Å²) < 4.78 is 0.910. The molecule has 0 heterocycles. The lowest BCUT2D eigenvalue weighted by Gasteiger charge is -2.26. The van der Waals surface area contributed by atoms with E-state index in [9.17, 15) is 9.59 Å². The van der Waals surface area contributed by atoms with E-state index in [0.717, 1.165) is 4.47 Å². The van der Waals surface area contributed by atoms with Crippen molar-refractivity contribution in [2.75, 3.05) is 6.54 Å². The van der Waals surface area contributed by atoms with Gasteiger partial charge in [0, 0.05) is 11.0 Å². The van der Waals surface area contributed by atoms with Crippen molar-refractivity contribution in [2.45, 2.75) is 32.4 Å². The predicted octanol–water partition coefficient (Wildman–Crippen LogP) is 1.26. The van der Waals surface area contributed by atoms with E-state index in [-0.39, 0.29) is 5.91 Å². The molecule has 0 fully saturated rings. The van der Waals surface area contributed by atoms with Gasteiger partial charge in [-0.1, -0.05) is 28.1 Å². The van der Waals surface area contributed by atoms with Crippen molar-refractivity contribution < 1.29 is 9.59 Å². The predicted molar refractivity (Wildman–Crippen MR) is 82.0 cm³/mol. The molecule has 2 unspecified atom stereocenters. The lowest BCUT2D eigenvalue weighted by Crippen LogP contribution is -2.54. The minimum Gasteiger partial charge on any atom is -0.355 e. The van der Waals surface area contributed by atoms with Crippen molar-refractivity contribution >= 4 is 27.7 Å². The van der Waals surface area contributed by atoms with E-state index < -0.39 is 17.5 Å². The number of carbonyl (C=O) groups excluding carboxylic acids is 2. The van der Waals surface area contributed by atoms with E-state index in [0.29, 0.717) is 12.1 Å². The van der Waals surface area contributed by atoms with Gasteiger partial charge in [-0.15, -0.1) is 0 Å². The first-order valence-corrected chi connectivity index (χ1v) is 7.22. The number of hydrogen-bond acceptors (Lipinski definition) is 3. The Kier molecular flexibility index (Phi) is 5.71. The maximum Gasteiger partial charge on any atom is 0.245 e. The summed E-state index contributed by atoms with van der Waals surface area (Å²) in [7, 11) is 0. The van der Waals surface area contributed by atoms with Gasteiger partial charge in [0.15, 0.2) is 0 Å². The molecule has 1 aromatic rings. The van der Waals surface area contributed by atoms with Crippen LogP contribution in [0.15, 0.2) is 28.7 Å². The quantitative estimate of drug-likeness (QED) is 0.753. The molecule has 1 rings (SSSR count). The third-order valence-corrected chi connectivity index (χ3v) is 3.54. The van der Waals surface area contributed by atoms with Crippen LogP contribution < -0.4 is 16.4 Å². The zero-order valence-electron chi connectivity index (χ0n) is 11.9. The van der Waals surface area contributed by atoms with Gasteiger partial charge in [0.2, 0.25) is 11.8 Å². The Morgan fingerprint density at radius 1 is 1.35 bits per heavy atom. The van der Waals surface area contributed by atoms with E-state index in [1.807, 2.05) is 19.1 Å². The van der Waals surface area contributed by atoms with Crippen LogP contribution in [0.25, 0.3) is 0 Å². The first-order valence-electron chi connectivity index (χ1n) is 6.42. The fourth-order valence-electron chi connectivity index (χ4n) is 1.67. The molecule has 2 atom stereocenters. The van der Waals surface area contributed by atoms with E-state index in [1.54, 1.807) is 26.0 Å². The summed E-state index contributed by atoms with van der Waals surface area (Å²) in [5.74, 6) is -0.619. The van der Waals surface area contributed by atoms with Crippen molar-refractivity contribution in [1.82, 2.24) is 10.6 Å². The number of benzene rings is 1. The lowest BCUT2D eigenvalue weighted by molar-refractivity contribution is -0.131. The van der Waals surface area contributed by atoms with Crippen molar-refractivity contribution in [3.8, 4) is 0 Å². The Morgan fingerprint density at radius 2 is 1.90 bits per heavy atom. The van der Waals surface area contributed by atoms with Crippen molar-refractivity contribution in [2.24, 2.45) is 5.73 Å². The topological polar surface area (TPSA) is 84.2 Å². The van der Waals surface area contributed by atoms with Crippen LogP contribution in [0.4, 0.5) is 0 Å². The molecule has 2 amide bonds. The SMILES string of the molecule is CCNC(=O)C(C)NC(=O)C(C)(N)c1ccc(Br)cc1. The molecule has 0 aromatic heterocycles. The zero-order chi connectivity index (χ0) is 15.3. The van der Waals surface area contributed by atoms with Gasteiger partial charge < -0.3 is 16.4 Å². The lowest BCUT2D eigenvalue weighted by atomic mass is 9.92. The van der Waals surface area contributed by atoms with Gasteiger partial charge in [-0.05, 0) is 38.5 Å². The normalized spacial score (nSPS) is 15.1. The van der Waals surface area contributed by atoms with E-state index in [1.165, 1.54) is 0 Å². The number of amides is 2. The fourth-order valence-corrected chi connectivity index (χ4v) is 1.93. The molecule has 110 valence electrons. The molecule has 0 saturated heterocycles. The van der Waals surface area contributed by atoms with Crippen LogP contribution in [-0.4, -0.2) is 24.4 Å². The highest BCUT2D eigenvalue weighted by molar-refractivity contribution is 9.10. The molecule has 0 aliphatic rings. The number of carbonyl (C=O) groups is 2. The second-order valence-corrected chi connectivity index (χ2v) is 5.71. The molecule has 0 bridgehead atoms. The number of halogens is 1. The van der Waals surface area contributed by atoms with Crippen LogP contribution in [0.1, 0.15) is 26.3 Å². The number of likely N-dealkylation sites (N-methyl/N-ethyl adjacent to an activating group) is 1. The Bertz CT molecular complexity index is 486. The van der Waals surface area contributed by atoms with Crippen molar-refractivity contribution in [3.63, 3.8) is 0 Å². The smallest absolute Gasteiger partial charge is 0.245 e. The molecule has 0 aliphatic carbocycles. The molecule has 4 N–H and O–H groups in total. The number of nitrogens with two attached hydrogens (primary N) is 1. The Morgan fingerprint density at radius 3 is 2.40 bits per heavy atom. The second-order valence-electron chi connectivity index (χ2n) is 4.80. The Balaban J connectivity index is 2.79. The van der Waals surface area contributed by atoms with E-state index in [4.69, 9.17) is 5.73 Å². The molecule has 0 saturated carbocycles. The van der Waals surface area contributed by atoms with Gasteiger partial charge in [0.1, 0.15) is 11.6 Å². The standard InChI is InChI=1S/C14H20BrN3O2/c1-4-17-12(19)9(2)18-13(20)14(3,16)10-5-7-11(15)8-6-10/h5-9H,4,16H2,1-3H3,(H,17,19)(H,18,20). The maximum absolute atomic E-state index is 12.2. The van der Waals surface area contributed by atoms with Gasteiger partial charge in [-0.2, -0.15) is 0 Å². The molecule has 0 aliphatic heterocycles. The van der Waals surface area contributed by atoms with Crippen LogP contribution in [0.3, 0.4) is 0 Å². The third-order valence-electron chi connectivity index (χ3n) is 3.01. The van der Waals surface area contributed by atoms with E-state index in [2.05, 4.69) is 26.6 Å². The highest BCUT2D eigenvalue weighted by atomic mass is 79.9. The van der Waals surface area contributed by atoms with Crippen LogP contribution in [0.5, 0.6) is 0 Å². The summed E-state index contributed by atoms with van der Waals surface area (Å²) in [6.07, 6.45) is 0. The molecule has 20 heavy (non-hydrogen) atoms. The van der Waals surface area contributed by atoms with Crippen LogP contribution >= 0.6 is 15.9 Å². The highest BCUT2D eigenvalue weighted by Gasteiger charge is 2.32. The first kappa shape index (κ1) is 16.7. The van der Waals surface area contributed by atoms with Crippen LogP contribution in [0, 0.1) is 0 Å². The minimum absolute atomic E-state index is 0.229. The number of rotatable bonds is 5. The van der Waals surface area contributed by atoms with Gasteiger partial charge in [0.05, 0.1) is 0 Å². The summed E-state index contributed by atoms with van der Waals surface area (Å²) in [5, 5.41) is 5.28. The van der Waals surface area contributed by atoms with Crippen LogP contribution in [0.2, 0.25) is 0 Å². The summed E-state index contributed by atoms with van der Waals surface area (Å²) in [4.78, 5) is 23.9. The molecule has 5 nitrogen and oxygen atoms in total. The summed E-state index contributed by atoms with van der Waals surface area (Å²) in [6.45, 7) is 5.59. The third kappa shape index (κ3) is 4.05. The molecule has 1 aromatic carbocycles. The maximum atomic E-state index is 12.2.